The Bertz CT molecular complexity index is 792. The SMILES string of the molecule is CN(C)C(C(=O)N1CCC2(NC(=O)C3=COCCC3)CCCC12)c1ccccc1. The molecule has 1 aromatic rings. The van der Waals surface area contributed by atoms with E-state index in [9.17, 15) is 9.59 Å². The standard InChI is InChI=1S/C23H31N3O3/c1-25(2)20(17-8-4-3-5-9-17)22(28)26-14-13-23(12-6-11-19(23)26)24-21(27)18-10-7-15-29-16-18/h3-5,8-9,16,19-20H,6-7,10-15H2,1-2H3,(H,24,27). The number of carbonyl (C=O) groups excluding carboxylic acids is 2. The Morgan fingerprint density at radius 3 is 2.69 bits per heavy atom. The molecular weight excluding hydrogens is 366 g/mol. The van der Waals surface area contributed by atoms with Crippen molar-refractivity contribution in [3.63, 3.8) is 0 Å². The summed E-state index contributed by atoms with van der Waals surface area (Å²) < 4.78 is 5.35. The minimum absolute atomic E-state index is 0.0295. The van der Waals surface area contributed by atoms with Gasteiger partial charge in [0.2, 0.25) is 5.91 Å². The average Bonchev–Trinajstić information content (AvgIpc) is 3.27. The molecule has 1 aromatic carbocycles. The molecular formula is C23H31N3O3. The summed E-state index contributed by atoms with van der Waals surface area (Å²) in [6, 6.07) is 9.70. The van der Waals surface area contributed by atoms with Gasteiger partial charge in [-0.25, -0.2) is 0 Å². The Morgan fingerprint density at radius 2 is 2.00 bits per heavy atom. The van der Waals surface area contributed by atoms with Crippen LogP contribution in [0.3, 0.4) is 0 Å². The zero-order chi connectivity index (χ0) is 20.4. The number of fused-ring (bicyclic) bond motifs is 1. The van der Waals surface area contributed by atoms with Gasteiger partial charge in [0, 0.05) is 6.54 Å². The maximum Gasteiger partial charge on any atom is 0.250 e. The van der Waals surface area contributed by atoms with Crippen LogP contribution in [0.2, 0.25) is 0 Å². The van der Waals surface area contributed by atoms with Crippen molar-refractivity contribution in [2.24, 2.45) is 0 Å². The Labute approximate surface area is 172 Å². The van der Waals surface area contributed by atoms with Crippen LogP contribution < -0.4 is 5.32 Å². The summed E-state index contributed by atoms with van der Waals surface area (Å²) in [5.41, 5.74) is 1.42. The third kappa shape index (κ3) is 3.78. The molecule has 6 heteroatoms. The maximum absolute atomic E-state index is 13.6. The zero-order valence-corrected chi connectivity index (χ0v) is 17.4. The Balaban J connectivity index is 1.53. The largest absolute Gasteiger partial charge is 0.501 e. The number of likely N-dealkylation sites (tertiary alicyclic amines) is 1. The molecule has 0 radical (unpaired) electrons. The summed E-state index contributed by atoms with van der Waals surface area (Å²) in [5, 5.41) is 3.32. The fourth-order valence-electron chi connectivity index (χ4n) is 5.24. The quantitative estimate of drug-likeness (QED) is 0.830. The highest BCUT2D eigenvalue weighted by molar-refractivity contribution is 5.94. The number of carbonyl (C=O) groups is 2. The van der Waals surface area contributed by atoms with Gasteiger partial charge in [-0.2, -0.15) is 0 Å². The second-order valence-electron chi connectivity index (χ2n) is 8.69. The number of ether oxygens (including phenoxy) is 1. The molecule has 2 aliphatic heterocycles. The van der Waals surface area contributed by atoms with Crippen molar-refractivity contribution in [2.45, 2.75) is 56.1 Å². The highest BCUT2D eigenvalue weighted by Gasteiger charge is 2.53. The molecule has 1 saturated carbocycles. The lowest BCUT2D eigenvalue weighted by Gasteiger charge is -2.36. The highest BCUT2D eigenvalue weighted by Crippen LogP contribution is 2.43. The first-order valence-corrected chi connectivity index (χ1v) is 10.7. The Kier molecular flexibility index (Phi) is 5.63. The summed E-state index contributed by atoms with van der Waals surface area (Å²) in [4.78, 5) is 30.5. The molecule has 3 atom stereocenters. The van der Waals surface area contributed by atoms with Crippen LogP contribution in [0.25, 0.3) is 0 Å². The molecule has 6 nitrogen and oxygen atoms in total. The van der Waals surface area contributed by atoms with Crippen LogP contribution in [0.5, 0.6) is 0 Å². The van der Waals surface area contributed by atoms with Gasteiger partial charge in [0.1, 0.15) is 6.04 Å². The van der Waals surface area contributed by atoms with Crippen LogP contribution in [-0.2, 0) is 14.3 Å². The first-order valence-electron chi connectivity index (χ1n) is 10.7. The monoisotopic (exact) mass is 397 g/mol. The van der Waals surface area contributed by atoms with Gasteiger partial charge in [0.15, 0.2) is 0 Å². The van der Waals surface area contributed by atoms with Gasteiger partial charge in [-0.05, 0) is 58.2 Å². The van der Waals surface area contributed by atoms with E-state index >= 15 is 0 Å². The van der Waals surface area contributed by atoms with Crippen LogP contribution >= 0.6 is 0 Å². The predicted octanol–water partition coefficient (Wildman–Crippen LogP) is 2.62. The van der Waals surface area contributed by atoms with E-state index in [1.807, 2.05) is 54.2 Å². The third-order valence-corrected chi connectivity index (χ3v) is 6.65. The predicted molar refractivity (Wildman–Crippen MR) is 111 cm³/mol. The molecule has 1 aliphatic carbocycles. The lowest BCUT2D eigenvalue weighted by Crippen LogP contribution is -2.55. The fraction of sp³-hybridized carbons (Fsp3) is 0.565. The average molecular weight is 398 g/mol. The second-order valence-corrected chi connectivity index (χ2v) is 8.69. The van der Waals surface area contributed by atoms with Gasteiger partial charge in [-0.1, -0.05) is 30.3 Å². The molecule has 29 heavy (non-hydrogen) atoms. The van der Waals surface area contributed by atoms with Gasteiger partial charge >= 0.3 is 0 Å². The van der Waals surface area contributed by atoms with E-state index in [4.69, 9.17) is 4.74 Å². The van der Waals surface area contributed by atoms with Gasteiger partial charge in [-0.3, -0.25) is 14.5 Å². The van der Waals surface area contributed by atoms with Crippen molar-refractivity contribution in [1.82, 2.24) is 15.1 Å². The van der Waals surface area contributed by atoms with Crippen molar-refractivity contribution in [2.75, 3.05) is 27.2 Å². The van der Waals surface area contributed by atoms with Gasteiger partial charge in [0.05, 0.1) is 30.0 Å². The lowest BCUT2D eigenvalue weighted by atomic mass is 9.92. The van der Waals surface area contributed by atoms with Crippen molar-refractivity contribution in [3.05, 3.63) is 47.7 Å². The molecule has 3 aliphatic rings. The Morgan fingerprint density at radius 1 is 1.21 bits per heavy atom. The summed E-state index contributed by atoms with van der Waals surface area (Å²) >= 11 is 0. The maximum atomic E-state index is 13.6. The summed E-state index contributed by atoms with van der Waals surface area (Å²) in [6.07, 6.45) is 6.96. The number of hydrogen-bond acceptors (Lipinski definition) is 4. The molecule has 2 fully saturated rings. The van der Waals surface area contributed by atoms with Crippen molar-refractivity contribution in [3.8, 4) is 0 Å². The minimum Gasteiger partial charge on any atom is -0.501 e. The first-order chi connectivity index (χ1) is 14.0. The number of hydrogen-bond donors (Lipinski definition) is 1. The van der Waals surface area contributed by atoms with E-state index in [-0.39, 0.29) is 29.4 Å². The smallest absolute Gasteiger partial charge is 0.250 e. The topological polar surface area (TPSA) is 61.9 Å². The van der Waals surface area contributed by atoms with Crippen LogP contribution in [0.1, 0.15) is 50.1 Å². The number of benzene rings is 1. The minimum atomic E-state index is -0.308. The number of likely N-dealkylation sites (N-methyl/N-ethyl adjacent to an activating group) is 1. The second kappa shape index (κ2) is 8.19. The number of amides is 2. The van der Waals surface area contributed by atoms with E-state index in [1.165, 1.54) is 0 Å². The first kappa shape index (κ1) is 20.0. The number of nitrogens with zero attached hydrogens (tertiary/aromatic N) is 2. The van der Waals surface area contributed by atoms with Crippen LogP contribution in [0.15, 0.2) is 42.2 Å². The molecule has 0 aromatic heterocycles. The molecule has 2 heterocycles. The molecule has 2 amide bonds. The van der Waals surface area contributed by atoms with Crippen LogP contribution in [-0.4, -0.2) is 60.4 Å². The molecule has 1 saturated heterocycles. The van der Waals surface area contributed by atoms with Gasteiger partial charge < -0.3 is 15.0 Å². The molecule has 4 rings (SSSR count). The van der Waals surface area contributed by atoms with Gasteiger partial charge in [-0.15, -0.1) is 0 Å². The summed E-state index contributed by atoms with van der Waals surface area (Å²) in [7, 11) is 3.90. The van der Waals surface area contributed by atoms with E-state index in [1.54, 1.807) is 6.26 Å². The van der Waals surface area contributed by atoms with Crippen molar-refractivity contribution < 1.29 is 14.3 Å². The molecule has 156 valence electrons. The molecule has 3 unspecified atom stereocenters. The lowest BCUT2D eigenvalue weighted by molar-refractivity contribution is -0.138. The summed E-state index contributed by atoms with van der Waals surface area (Å²) in [6.45, 7) is 1.37. The molecule has 0 bridgehead atoms. The van der Waals surface area contributed by atoms with E-state index in [0.29, 0.717) is 13.2 Å². The highest BCUT2D eigenvalue weighted by atomic mass is 16.5. The number of rotatable bonds is 5. The van der Waals surface area contributed by atoms with Crippen molar-refractivity contribution in [1.29, 1.82) is 0 Å². The fourth-order valence-corrected chi connectivity index (χ4v) is 5.24. The van der Waals surface area contributed by atoms with E-state index in [2.05, 4.69) is 5.32 Å². The normalized spacial score (nSPS) is 27.2. The molecule has 0 spiro atoms. The van der Waals surface area contributed by atoms with Crippen molar-refractivity contribution >= 4 is 11.8 Å². The molecule has 1 N–H and O–H groups in total. The van der Waals surface area contributed by atoms with Crippen LogP contribution in [0.4, 0.5) is 0 Å². The number of nitrogens with one attached hydrogen (secondary N) is 1. The third-order valence-electron chi connectivity index (χ3n) is 6.65. The van der Waals surface area contributed by atoms with Crippen LogP contribution in [0, 0.1) is 0 Å². The van der Waals surface area contributed by atoms with E-state index < -0.39 is 0 Å². The Hall–Kier alpha value is -2.34. The van der Waals surface area contributed by atoms with Gasteiger partial charge in [0.25, 0.3) is 5.91 Å². The summed E-state index contributed by atoms with van der Waals surface area (Å²) in [5.74, 6) is 0.0996. The zero-order valence-electron chi connectivity index (χ0n) is 17.4. The van der Waals surface area contributed by atoms with E-state index in [0.717, 1.165) is 49.7 Å².